The van der Waals surface area contributed by atoms with Crippen LogP contribution in [0.5, 0.6) is 0 Å². The quantitative estimate of drug-likeness (QED) is 0.328. The highest BCUT2D eigenvalue weighted by Crippen LogP contribution is 2.33. The zero-order valence-corrected chi connectivity index (χ0v) is 18.2. The fourth-order valence-electron chi connectivity index (χ4n) is 3.78. The summed E-state index contributed by atoms with van der Waals surface area (Å²) in [4.78, 5) is 52.3. The van der Waals surface area contributed by atoms with Crippen LogP contribution in [0, 0.1) is 0 Å². The third-order valence-electron chi connectivity index (χ3n) is 5.40. The Hall–Kier alpha value is -3.47. The molecule has 0 saturated carbocycles. The predicted molar refractivity (Wildman–Crippen MR) is 120 cm³/mol. The Bertz CT molecular complexity index is 1220. The lowest BCUT2D eigenvalue weighted by Gasteiger charge is -2.20. The van der Waals surface area contributed by atoms with E-state index in [-0.39, 0.29) is 12.8 Å². The number of para-hydroxylation sites is 2. The number of carbonyl (C=O) groups excluding carboxylic acids is 3. The lowest BCUT2D eigenvalue weighted by atomic mass is 10.1. The van der Waals surface area contributed by atoms with Gasteiger partial charge in [0.1, 0.15) is 12.2 Å². The van der Waals surface area contributed by atoms with Crippen LogP contribution in [0.4, 0.5) is 4.79 Å². The van der Waals surface area contributed by atoms with Gasteiger partial charge >= 0.3 is 5.97 Å². The van der Waals surface area contributed by atoms with Gasteiger partial charge in [0, 0.05) is 6.54 Å². The van der Waals surface area contributed by atoms with Crippen molar-refractivity contribution >= 4 is 46.1 Å². The molecule has 0 bridgehead atoms. The number of likely N-dealkylation sites (tertiary alicyclic amines) is 1. The van der Waals surface area contributed by atoms with Crippen LogP contribution in [0.25, 0.3) is 17.2 Å². The molecule has 168 valence electrons. The summed E-state index contributed by atoms with van der Waals surface area (Å²) in [7, 11) is 0. The van der Waals surface area contributed by atoms with Crippen LogP contribution in [0.3, 0.4) is 0 Å². The van der Waals surface area contributed by atoms with Gasteiger partial charge in [-0.1, -0.05) is 24.3 Å². The molecule has 33 heavy (non-hydrogen) atoms. The molecule has 5 rings (SSSR count). The number of amides is 2. The molecular weight excluding hydrogens is 446 g/mol. The number of aromatic nitrogens is 1. The van der Waals surface area contributed by atoms with Crippen molar-refractivity contribution in [3.63, 3.8) is 0 Å². The van der Waals surface area contributed by atoms with Crippen molar-refractivity contribution in [3.05, 3.63) is 70.5 Å². The van der Waals surface area contributed by atoms with Gasteiger partial charge in [-0.2, -0.15) is 4.89 Å². The van der Waals surface area contributed by atoms with Crippen molar-refractivity contribution in [2.45, 2.75) is 18.9 Å². The second-order valence-corrected chi connectivity index (χ2v) is 8.60. The molecule has 10 heteroatoms. The van der Waals surface area contributed by atoms with E-state index in [1.807, 2.05) is 29.2 Å². The van der Waals surface area contributed by atoms with Gasteiger partial charge in [-0.3, -0.25) is 24.7 Å². The molecule has 2 aliphatic rings. The van der Waals surface area contributed by atoms with E-state index < -0.39 is 17.1 Å². The maximum atomic E-state index is 12.3. The third-order valence-corrected chi connectivity index (χ3v) is 6.21. The zero-order chi connectivity index (χ0) is 22.8. The molecule has 2 saturated heterocycles. The molecule has 2 aromatic carbocycles. The number of nitrogens with zero attached hydrogens (tertiary/aromatic N) is 2. The molecule has 1 N–H and O–H groups in total. The number of hydrogen-bond acceptors (Lipinski definition) is 9. The summed E-state index contributed by atoms with van der Waals surface area (Å²) in [5, 5.41) is 1.79. The second kappa shape index (κ2) is 9.18. The number of nitrogens with one attached hydrogen (secondary N) is 1. The van der Waals surface area contributed by atoms with Gasteiger partial charge in [0.25, 0.3) is 11.1 Å². The number of rotatable bonds is 6. The highest BCUT2D eigenvalue weighted by molar-refractivity contribution is 8.18. The lowest BCUT2D eigenvalue weighted by Crippen LogP contribution is -2.27. The average molecular weight is 465 g/mol. The number of oxazole rings is 1. The monoisotopic (exact) mass is 465 g/mol. The Kier molecular flexibility index (Phi) is 5.95. The minimum atomic E-state index is -0.630. The summed E-state index contributed by atoms with van der Waals surface area (Å²) in [6.45, 7) is 0.873. The third kappa shape index (κ3) is 4.68. The van der Waals surface area contributed by atoms with E-state index >= 15 is 0 Å². The number of thioether (sulfide) groups is 1. The standard InChI is InChI=1S/C23H19N3O6S/c27-20-19(33-23(29)25-20)12-14-7-9-15(10-8-14)22(28)32-30-13-26-11-3-5-17(26)21-24-16-4-1-2-6-18(16)31-21/h1-2,4,6-10,12,17H,3,5,11,13H2,(H,25,27,29)/b19-12-/t17-/m1/s1. The maximum Gasteiger partial charge on any atom is 0.373 e. The van der Waals surface area contributed by atoms with Crippen molar-refractivity contribution in [2.75, 3.05) is 13.3 Å². The normalized spacial score (nSPS) is 20.0. The Labute approximate surface area is 192 Å². The number of hydrogen-bond donors (Lipinski definition) is 1. The molecule has 0 spiro atoms. The molecule has 0 unspecified atom stereocenters. The van der Waals surface area contributed by atoms with Gasteiger partial charge in [0.15, 0.2) is 5.58 Å². The molecule has 3 aromatic rings. The van der Waals surface area contributed by atoms with E-state index in [1.54, 1.807) is 30.3 Å². The highest BCUT2D eigenvalue weighted by Gasteiger charge is 2.31. The maximum absolute atomic E-state index is 12.3. The molecule has 2 fully saturated rings. The SMILES string of the molecule is O=C1NC(=O)/C(=C/c2ccc(C(=O)OOCN3CCC[C@@H]3c3nc4ccccc4o3)cc2)S1. The molecule has 2 aliphatic heterocycles. The van der Waals surface area contributed by atoms with Gasteiger partial charge in [0.2, 0.25) is 5.89 Å². The summed E-state index contributed by atoms with van der Waals surface area (Å²) in [5.41, 5.74) is 2.53. The molecular formula is C23H19N3O6S. The fraction of sp³-hybridized carbons (Fsp3) is 0.217. The van der Waals surface area contributed by atoms with E-state index in [4.69, 9.17) is 14.2 Å². The molecule has 0 radical (unpaired) electrons. The molecule has 3 heterocycles. The number of carbonyl (C=O) groups is 3. The topological polar surface area (TPSA) is 111 Å². The van der Waals surface area contributed by atoms with Gasteiger partial charge < -0.3 is 4.42 Å². The molecule has 9 nitrogen and oxygen atoms in total. The fourth-order valence-corrected chi connectivity index (χ4v) is 4.46. The summed E-state index contributed by atoms with van der Waals surface area (Å²) >= 11 is 0.836. The summed E-state index contributed by atoms with van der Waals surface area (Å²) in [5.74, 6) is -0.431. The van der Waals surface area contributed by atoms with Gasteiger partial charge in [0.05, 0.1) is 16.5 Å². The minimum absolute atomic E-state index is 0.0408. The second-order valence-electron chi connectivity index (χ2n) is 7.58. The van der Waals surface area contributed by atoms with Gasteiger partial charge in [-0.05, 0) is 60.5 Å². The first-order valence-electron chi connectivity index (χ1n) is 10.3. The van der Waals surface area contributed by atoms with Crippen LogP contribution in [0.15, 0.2) is 57.9 Å². The molecule has 1 aromatic heterocycles. The van der Waals surface area contributed by atoms with Crippen LogP contribution in [-0.4, -0.2) is 40.3 Å². The van der Waals surface area contributed by atoms with Crippen LogP contribution in [-0.2, 0) is 14.6 Å². The Morgan fingerprint density at radius 2 is 2.03 bits per heavy atom. The van der Waals surface area contributed by atoms with Crippen molar-refractivity contribution < 1.29 is 28.6 Å². The van der Waals surface area contributed by atoms with E-state index in [1.165, 1.54) is 0 Å². The van der Waals surface area contributed by atoms with Crippen molar-refractivity contribution in [3.8, 4) is 0 Å². The number of benzene rings is 2. The lowest BCUT2D eigenvalue weighted by molar-refractivity contribution is -0.267. The first kappa shape index (κ1) is 21.4. The summed E-state index contributed by atoms with van der Waals surface area (Å²) < 4.78 is 5.88. The van der Waals surface area contributed by atoms with E-state index in [0.29, 0.717) is 21.9 Å². The number of imide groups is 1. The molecule has 0 aliphatic carbocycles. The Morgan fingerprint density at radius 3 is 2.79 bits per heavy atom. The van der Waals surface area contributed by atoms with Crippen molar-refractivity contribution in [1.29, 1.82) is 0 Å². The van der Waals surface area contributed by atoms with Gasteiger partial charge in [-0.15, -0.1) is 0 Å². The van der Waals surface area contributed by atoms with E-state index in [0.717, 1.165) is 42.2 Å². The predicted octanol–water partition coefficient (Wildman–Crippen LogP) is 4.03. The van der Waals surface area contributed by atoms with Crippen LogP contribution >= 0.6 is 11.8 Å². The van der Waals surface area contributed by atoms with Crippen molar-refractivity contribution in [2.24, 2.45) is 0 Å². The van der Waals surface area contributed by atoms with Crippen molar-refractivity contribution in [1.82, 2.24) is 15.2 Å². The van der Waals surface area contributed by atoms with E-state index in [9.17, 15) is 14.4 Å². The first-order valence-corrected chi connectivity index (χ1v) is 11.2. The Balaban J connectivity index is 1.16. The largest absolute Gasteiger partial charge is 0.439 e. The average Bonchev–Trinajstić information content (AvgIpc) is 3.52. The van der Waals surface area contributed by atoms with Crippen LogP contribution in [0.1, 0.15) is 40.7 Å². The highest BCUT2D eigenvalue weighted by atomic mass is 32.2. The summed E-state index contributed by atoms with van der Waals surface area (Å²) in [6, 6.07) is 14.0. The Morgan fingerprint density at radius 1 is 1.21 bits per heavy atom. The van der Waals surface area contributed by atoms with Crippen LogP contribution < -0.4 is 5.32 Å². The van der Waals surface area contributed by atoms with Crippen LogP contribution in [0.2, 0.25) is 0 Å². The van der Waals surface area contributed by atoms with E-state index in [2.05, 4.69) is 10.3 Å². The minimum Gasteiger partial charge on any atom is -0.439 e. The summed E-state index contributed by atoms with van der Waals surface area (Å²) in [6.07, 6.45) is 3.42. The van der Waals surface area contributed by atoms with Gasteiger partial charge in [-0.25, -0.2) is 9.78 Å². The smallest absolute Gasteiger partial charge is 0.373 e. The molecule has 2 amide bonds. The zero-order valence-electron chi connectivity index (χ0n) is 17.4. The first-order chi connectivity index (χ1) is 16.1. The number of fused-ring (bicyclic) bond motifs is 1. The molecule has 1 atom stereocenters.